The van der Waals surface area contributed by atoms with E-state index < -0.39 is 11.9 Å². The summed E-state index contributed by atoms with van der Waals surface area (Å²) in [5.74, 6) is 0.419. The van der Waals surface area contributed by atoms with E-state index in [0.29, 0.717) is 27.9 Å². The molecule has 2 N–H and O–H groups in total. The van der Waals surface area contributed by atoms with Crippen molar-refractivity contribution in [2.75, 3.05) is 11.9 Å². The van der Waals surface area contributed by atoms with Crippen molar-refractivity contribution in [1.82, 2.24) is 19.8 Å². The van der Waals surface area contributed by atoms with Gasteiger partial charge in [-0.15, -0.1) is 15.3 Å². The number of halogens is 2. The number of fused-ring (bicyclic) bond motifs is 1. The number of aromatic nitrogens is 4. The lowest BCUT2D eigenvalue weighted by Crippen LogP contribution is -2.13. The van der Waals surface area contributed by atoms with Gasteiger partial charge in [-0.1, -0.05) is 35.9 Å². The first kappa shape index (κ1) is 17.4. The van der Waals surface area contributed by atoms with Crippen molar-refractivity contribution >= 4 is 23.1 Å². The molecule has 0 aliphatic heterocycles. The maximum absolute atomic E-state index is 14.1. The van der Waals surface area contributed by atoms with Gasteiger partial charge in [-0.05, 0) is 42.0 Å². The second-order valence-electron chi connectivity index (χ2n) is 5.94. The van der Waals surface area contributed by atoms with Crippen LogP contribution in [-0.2, 0) is 0 Å². The summed E-state index contributed by atoms with van der Waals surface area (Å²) < 4.78 is 15.6. The molecular formula is C19H15ClFN5O. The zero-order chi connectivity index (χ0) is 18.8. The van der Waals surface area contributed by atoms with Crippen LogP contribution in [0, 0.1) is 5.82 Å². The minimum Gasteiger partial charge on any atom is -0.387 e. The minimum absolute atomic E-state index is 0.247. The third-order valence-corrected chi connectivity index (χ3v) is 4.36. The van der Waals surface area contributed by atoms with E-state index in [1.165, 1.54) is 10.6 Å². The molecule has 0 bridgehead atoms. The quantitative estimate of drug-likeness (QED) is 0.549. The molecule has 2 aromatic carbocycles. The topological polar surface area (TPSA) is 75.3 Å². The van der Waals surface area contributed by atoms with Gasteiger partial charge in [0.15, 0.2) is 11.5 Å². The molecule has 1 atom stereocenters. The molecule has 136 valence electrons. The highest BCUT2D eigenvalue weighted by Crippen LogP contribution is 2.22. The van der Waals surface area contributed by atoms with Crippen molar-refractivity contribution in [3.05, 3.63) is 77.1 Å². The van der Waals surface area contributed by atoms with Gasteiger partial charge in [-0.25, -0.2) is 4.39 Å². The lowest BCUT2D eigenvalue weighted by Gasteiger charge is -2.13. The standard InChI is InChI=1S/C19H15ClFN5O/c20-13-7-5-12(6-8-13)16(27)11-22-17-9-10-18-23-24-19(26(18)25-17)14-3-1-2-4-15(14)21/h1-10,16,27H,11H2,(H,22,25). The zero-order valence-corrected chi connectivity index (χ0v) is 14.8. The molecule has 0 saturated carbocycles. The smallest absolute Gasteiger partial charge is 0.188 e. The van der Waals surface area contributed by atoms with Crippen molar-refractivity contribution in [3.63, 3.8) is 0 Å². The molecule has 4 aromatic rings. The summed E-state index contributed by atoms with van der Waals surface area (Å²) in [6, 6.07) is 16.8. The number of aliphatic hydroxyl groups excluding tert-OH is 1. The monoisotopic (exact) mass is 383 g/mol. The lowest BCUT2D eigenvalue weighted by molar-refractivity contribution is 0.191. The molecule has 6 nitrogen and oxygen atoms in total. The van der Waals surface area contributed by atoms with Gasteiger partial charge in [0.05, 0.1) is 11.7 Å². The van der Waals surface area contributed by atoms with Crippen LogP contribution in [0.4, 0.5) is 10.2 Å². The van der Waals surface area contributed by atoms with Gasteiger partial charge in [0.1, 0.15) is 11.6 Å². The van der Waals surface area contributed by atoms with Crippen LogP contribution in [0.5, 0.6) is 0 Å². The van der Waals surface area contributed by atoms with Crippen molar-refractivity contribution in [1.29, 1.82) is 0 Å². The number of hydrogen-bond acceptors (Lipinski definition) is 5. The van der Waals surface area contributed by atoms with Crippen LogP contribution in [0.15, 0.2) is 60.7 Å². The van der Waals surface area contributed by atoms with Crippen molar-refractivity contribution in [2.45, 2.75) is 6.10 Å². The van der Waals surface area contributed by atoms with Gasteiger partial charge in [-0.3, -0.25) is 0 Å². The fraction of sp³-hybridized carbons (Fsp3) is 0.105. The van der Waals surface area contributed by atoms with Crippen LogP contribution >= 0.6 is 11.6 Å². The third-order valence-electron chi connectivity index (χ3n) is 4.11. The highest BCUT2D eigenvalue weighted by Gasteiger charge is 2.14. The molecule has 0 radical (unpaired) electrons. The van der Waals surface area contributed by atoms with Crippen LogP contribution in [0.1, 0.15) is 11.7 Å². The first-order chi connectivity index (χ1) is 13.1. The summed E-state index contributed by atoms with van der Waals surface area (Å²) >= 11 is 5.86. The molecule has 8 heteroatoms. The van der Waals surface area contributed by atoms with Gasteiger partial charge < -0.3 is 10.4 Å². The molecule has 0 aliphatic rings. The fourth-order valence-electron chi connectivity index (χ4n) is 2.70. The van der Waals surface area contributed by atoms with E-state index in [1.54, 1.807) is 54.6 Å². The average molecular weight is 384 g/mol. The Morgan fingerprint density at radius 2 is 1.81 bits per heavy atom. The predicted molar refractivity (Wildman–Crippen MR) is 101 cm³/mol. The van der Waals surface area contributed by atoms with E-state index in [0.717, 1.165) is 5.56 Å². The number of rotatable bonds is 5. The zero-order valence-electron chi connectivity index (χ0n) is 14.0. The van der Waals surface area contributed by atoms with E-state index in [9.17, 15) is 9.50 Å². The molecule has 2 heterocycles. The Morgan fingerprint density at radius 1 is 1.04 bits per heavy atom. The number of benzene rings is 2. The van der Waals surface area contributed by atoms with Crippen molar-refractivity contribution < 1.29 is 9.50 Å². The molecule has 0 amide bonds. The summed E-state index contributed by atoms with van der Waals surface area (Å²) in [6.07, 6.45) is -0.730. The van der Waals surface area contributed by atoms with E-state index in [2.05, 4.69) is 20.6 Å². The summed E-state index contributed by atoms with van der Waals surface area (Å²) in [4.78, 5) is 0. The van der Waals surface area contributed by atoms with E-state index in [-0.39, 0.29) is 6.54 Å². The molecule has 2 aromatic heterocycles. The molecule has 0 spiro atoms. The number of nitrogens with one attached hydrogen (secondary N) is 1. The highest BCUT2D eigenvalue weighted by molar-refractivity contribution is 6.30. The van der Waals surface area contributed by atoms with Gasteiger partial charge in [0.2, 0.25) is 0 Å². The Labute approximate surface area is 159 Å². The Morgan fingerprint density at radius 3 is 2.59 bits per heavy atom. The SMILES string of the molecule is OC(CNc1ccc2nnc(-c3ccccc3F)n2n1)c1ccc(Cl)cc1. The second-order valence-corrected chi connectivity index (χ2v) is 6.38. The van der Waals surface area contributed by atoms with Crippen molar-refractivity contribution in [2.24, 2.45) is 0 Å². The summed E-state index contributed by atoms with van der Waals surface area (Å²) in [5.41, 5.74) is 1.55. The summed E-state index contributed by atoms with van der Waals surface area (Å²) in [6.45, 7) is 0.247. The minimum atomic E-state index is -0.730. The number of hydrogen-bond donors (Lipinski definition) is 2. The second kappa shape index (κ2) is 7.30. The molecule has 0 fully saturated rings. The van der Waals surface area contributed by atoms with Gasteiger partial charge >= 0.3 is 0 Å². The molecule has 1 unspecified atom stereocenters. The number of nitrogens with zero attached hydrogens (tertiary/aromatic N) is 4. The number of aliphatic hydroxyl groups is 1. The Bertz CT molecular complexity index is 1080. The first-order valence-electron chi connectivity index (χ1n) is 8.26. The Balaban J connectivity index is 1.57. The van der Waals surface area contributed by atoms with Crippen LogP contribution in [0.25, 0.3) is 17.0 Å². The van der Waals surface area contributed by atoms with Gasteiger partial charge in [0.25, 0.3) is 0 Å². The molecule has 27 heavy (non-hydrogen) atoms. The molecule has 0 saturated heterocycles. The predicted octanol–water partition coefficient (Wildman–Crippen LogP) is 3.73. The lowest BCUT2D eigenvalue weighted by atomic mass is 10.1. The Kier molecular flexibility index (Phi) is 4.70. The van der Waals surface area contributed by atoms with Crippen LogP contribution in [-0.4, -0.2) is 31.5 Å². The molecule has 0 aliphatic carbocycles. The van der Waals surface area contributed by atoms with Crippen LogP contribution < -0.4 is 5.32 Å². The summed E-state index contributed by atoms with van der Waals surface area (Å²) in [7, 11) is 0. The van der Waals surface area contributed by atoms with Crippen LogP contribution in [0.3, 0.4) is 0 Å². The largest absolute Gasteiger partial charge is 0.387 e. The molecular weight excluding hydrogens is 369 g/mol. The maximum Gasteiger partial charge on any atom is 0.188 e. The average Bonchev–Trinajstić information content (AvgIpc) is 3.10. The third kappa shape index (κ3) is 3.60. The van der Waals surface area contributed by atoms with E-state index >= 15 is 0 Å². The van der Waals surface area contributed by atoms with Crippen LogP contribution in [0.2, 0.25) is 5.02 Å². The fourth-order valence-corrected chi connectivity index (χ4v) is 2.82. The van der Waals surface area contributed by atoms with Gasteiger partial charge in [0, 0.05) is 11.6 Å². The highest BCUT2D eigenvalue weighted by atomic mass is 35.5. The maximum atomic E-state index is 14.1. The van der Waals surface area contributed by atoms with E-state index in [4.69, 9.17) is 11.6 Å². The van der Waals surface area contributed by atoms with Gasteiger partial charge in [-0.2, -0.15) is 4.52 Å². The number of anilines is 1. The normalized spacial score (nSPS) is 12.3. The first-order valence-corrected chi connectivity index (χ1v) is 8.64. The summed E-state index contributed by atoms with van der Waals surface area (Å²) in [5, 5.41) is 26.5. The Hall–Kier alpha value is -3.03. The molecule has 4 rings (SSSR count). The van der Waals surface area contributed by atoms with E-state index in [1.807, 2.05) is 0 Å². The van der Waals surface area contributed by atoms with Crippen molar-refractivity contribution in [3.8, 4) is 11.4 Å².